The number of piperidine rings is 1. The zero-order chi connectivity index (χ0) is 23.4. The highest BCUT2D eigenvalue weighted by molar-refractivity contribution is 5.81. The van der Waals surface area contributed by atoms with Crippen LogP contribution in [-0.4, -0.2) is 47.6 Å². The molecule has 0 bridgehead atoms. The number of hydrogen-bond donors (Lipinski definition) is 2. The predicted octanol–water partition coefficient (Wildman–Crippen LogP) is 3.66. The molecule has 174 valence electrons. The van der Waals surface area contributed by atoms with E-state index < -0.39 is 11.0 Å². The molecule has 1 amide bonds. The van der Waals surface area contributed by atoms with E-state index in [1.807, 2.05) is 45.0 Å². The molecule has 1 aliphatic heterocycles. The number of nitrogens with zero attached hydrogens (tertiary/aromatic N) is 2. The number of benzene rings is 1. The first-order valence-corrected chi connectivity index (χ1v) is 11.4. The minimum Gasteiger partial charge on any atom is -0.497 e. The molecule has 32 heavy (non-hydrogen) atoms. The van der Waals surface area contributed by atoms with Crippen molar-refractivity contribution in [1.82, 2.24) is 15.2 Å². The van der Waals surface area contributed by atoms with Crippen molar-refractivity contribution in [3.05, 3.63) is 59.4 Å². The molecule has 0 spiro atoms. The molecule has 3 rings (SSSR count). The van der Waals surface area contributed by atoms with Crippen molar-refractivity contribution in [2.75, 3.05) is 26.7 Å². The van der Waals surface area contributed by atoms with Gasteiger partial charge in [0.15, 0.2) is 0 Å². The van der Waals surface area contributed by atoms with E-state index >= 15 is 0 Å². The first kappa shape index (κ1) is 24.2. The predicted molar refractivity (Wildman–Crippen MR) is 126 cm³/mol. The number of aromatic nitrogens is 1. The van der Waals surface area contributed by atoms with Crippen LogP contribution < -0.4 is 10.1 Å². The van der Waals surface area contributed by atoms with E-state index in [4.69, 9.17) is 4.74 Å². The summed E-state index contributed by atoms with van der Waals surface area (Å²) in [7, 11) is 1.68. The highest BCUT2D eigenvalue weighted by Crippen LogP contribution is 2.35. The number of aryl methyl sites for hydroxylation is 1. The van der Waals surface area contributed by atoms with Gasteiger partial charge in [-0.2, -0.15) is 0 Å². The number of aliphatic hydroxyl groups is 1. The SMILES string of the molecule is COc1ccc(CN2CCC[C@@H]([C@@](O)(CNC(=O)C(C)(C)C)c3ccccn3)C2)c(C)c1. The number of likely N-dealkylation sites (tertiary alicyclic amines) is 1. The Labute approximate surface area is 192 Å². The molecular formula is C26H37N3O3. The van der Waals surface area contributed by atoms with E-state index in [2.05, 4.69) is 34.3 Å². The molecule has 0 saturated carbocycles. The lowest BCUT2D eigenvalue weighted by molar-refractivity contribution is -0.131. The van der Waals surface area contributed by atoms with Gasteiger partial charge in [0.05, 0.1) is 19.3 Å². The molecule has 1 aromatic carbocycles. The van der Waals surface area contributed by atoms with Crippen molar-refractivity contribution in [3.63, 3.8) is 0 Å². The summed E-state index contributed by atoms with van der Waals surface area (Å²) in [6.45, 7) is 10.4. The average molecular weight is 440 g/mol. The second-order valence-electron chi connectivity index (χ2n) is 9.94. The average Bonchev–Trinajstić information content (AvgIpc) is 2.78. The van der Waals surface area contributed by atoms with Crippen LogP contribution in [0, 0.1) is 18.3 Å². The quantitative estimate of drug-likeness (QED) is 0.689. The molecular weight excluding hydrogens is 402 g/mol. The van der Waals surface area contributed by atoms with Crippen molar-refractivity contribution in [2.45, 2.75) is 52.7 Å². The molecule has 0 unspecified atom stereocenters. The van der Waals surface area contributed by atoms with E-state index in [0.717, 1.165) is 38.2 Å². The maximum absolute atomic E-state index is 12.6. The molecule has 2 aromatic rings. The van der Waals surface area contributed by atoms with Crippen molar-refractivity contribution >= 4 is 5.91 Å². The number of nitrogens with one attached hydrogen (secondary N) is 1. The molecule has 6 nitrogen and oxygen atoms in total. The Morgan fingerprint density at radius 1 is 1.28 bits per heavy atom. The Balaban J connectivity index is 1.79. The van der Waals surface area contributed by atoms with Gasteiger partial charge in [0.2, 0.25) is 5.91 Å². The third-order valence-electron chi connectivity index (χ3n) is 6.43. The van der Waals surface area contributed by atoms with Gasteiger partial charge in [-0.3, -0.25) is 14.7 Å². The van der Waals surface area contributed by atoms with Crippen molar-refractivity contribution < 1.29 is 14.6 Å². The number of methoxy groups -OCH3 is 1. The number of rotatable bonds is 7. The number of carbonyl (C=O) groups excluding carboxylic acids is 1. The largest absolute Gasteiger partial charge is 0.497 e. The Hall–Kier alpha value is -2.44. The maximum atomic E-state index is 12.6. The normalized spacial score (nSPS) is 19.2. The third kappa shape index (κ3) is 5.67. The highest BCUT2D eigenvalue weighted by atomic mass is 16.5. The Kier molecular flexibility index (Phi) is 7.57. The molecule has 0 radical (unpaired) electrons. The second-order valence-corrected chi connectivity index (χ2v) is 9.94. The van der Waals surface area contributed by atoms with E-state index in [0.29, 0.717) is 5.69 Å². The molecule has 0 aliphatic carbocycles. The minimum atomic E-state index is -1.23. The number of ether oxygens (including phenoxy) is 1. The van der Waals surface area contributed by atoms with Crippen LogP contribution in [0.25, 0.3) is 0 Å². The van der Waals surface area contributed by atoms with Crippen molar-refractivity contribution in [1.29, 1.82) is 0 Å². The van der Waals surface area contributed by atoms with Crippen LogP contribution in [0.15, 0.2) is 42.6 Å². The maximum Gasteiger partial charge on any atom is 0.225 e. The second kappa shape index (κ2) is 10.0. The van der Waals surface area contributed by atoms with Crippen LogP contribution in [-0.2, 0) is 16.9 Å². The fraction of sp³-hybridized carbons (Fsp3) is 0.538. The van der Waals surface area contributed by atoms with Crippen LogP contribution in [0.4, 0.5) is 0 Å². The first-order valence-electron chi connectivity index (χ1n) is 11.4. The summed E-state index contributed by atoms with van der Waals surface area (Å²) in [6, 6.07) is 11.8. The zero-order valence-corrected chi connectivity index (χ0v) is 20.0. The minimum absolute atomic E-state index is 0.0371. The summed E-state index contributed by atoms with van der Waals surface area (Å²) in [5.74, 6) is 0.750. The molecule has 1 saturated heterocycles. The van der Waals surface area contributed by atoms with Crippen LogP contribution >= 0.6 is 0 Å². The van der Waals surface area contributed by atoms with Gasteiger partial charge in [-0.25, -0.2) is 0 Å². The van der Waals surface area contributed by atoms with Crippen molar-refractivity contribution in [2.24, 2.45) is 11.3 Å². The molecule has 1 aliphatic rings. The first-order chi connectivity index (χ1) is 15.1. The molecule has 1 fully saturated rings. The van der Waals surface area contributed by atoms with E-state index in [-0.39, 0.29) is 18.4 Å². The zero-order valence-electron chi connectivity index (χ0n) is 20.0. The molecule has 2 N–H and O–H groups in total. The van der Waals surface area contributed by atoms with Crippen LogP contribution in [0.5, 0.6) is 5.75 Å². The Morgan fingerprint density at radius 3 is 2.69 bits per heavy atom. The molecule has 2 atom stereocenters. The van der Waals surface area contributed by atoms with Crippen LogP contribution in [0.2, 0.25) is 0 Å². The number of carbonyl (C=O) groups is 1. The van der Waals surface area contributed by atoms with Gasteiger partial charge >= 0.3 is 0 Å². The van der Waals surface area contributed by atoms with Gasteiger partial charge in [0, 0.05) is 30.6 Å². The summed E-state index contributed by atoms with van der Waals surface area (Å²) in [6.07, 6.45) is 3.58. The van der Waals surface area contributed by atoms with Crippen LogP contribution in [0.1, 0.15) is 50.4 Å². The fourth-order valence-corrected chi connectivity index (χ4v) is 4.35. The van der Waals surface area contributed by atoms with Gasteiger partial charge in [-0.05, 0) is 61.7 Å². The molecule has 6 heteroatoms. The van der Waals surface area contributed by atoms with Gasteiger partial charge in [0.1, 0.15) is 11.4 Å². The van der Waals surface area contributed by atoms with Gasteiger partial charge in [-0.1, -0.05) is 32.9 Å². The summed E-state index contributed by atoms with van der Waals surface area (Å²) < 4.78 is 5.33. The van der Waals surface area contributed by atoms with Crippen molar-refractivity contribution in [3.8, 4) is 5.75 Å². The number of pyridine rings is 1. The third-order valence-corrected chi connectivity index (χ3v) is 6.43. The number of amides is 1. The molecule has 1 aromatic heterocycles. The lowest BCUT2D eigenvalue weighted by atomic mass is 9.78. The summed E-state index contributed by atoms with van der Waals surface area (Å²) in [5.41, 5.74) is 1.32. The summed E-state index contributed by atoms with van der Waals surface area (Å²) in [5, 5.41) is 14.9. The lowest BCUT2D eigenvalue weighted by Crippen LogP contribution is -2.53. The van der Waals surface area contributed by atoms with E-state index in [1.165, 1.54) is 11.1 Å². The molecule has 2 heterocycles. The van der Waals surface area contributed by atoms with E-state index in [9.17, 15) is 9.90 Å². The smallest absolute Gasteiger partial charge is 0.225 e. The van der Waals surface area contributed by atoms with E-state index in [1.54, 1.807) is 13.3 Å². The topological polar surface area (TPSA) is 74.7 Å². The Bertz CT molecular complexity index is 910. The Morgan fingerprint density at radius 2 is 2.06 bits per heavy atom. The summed E-state index contributed by atoms with van der Waals surface area (Å²) >= 11 is 0. The fourth-order valence-electron chi connectivity index (χ4n) is 4.35. The van der Waals surface area contributed by atoms with Gasteiger partial charge < -0.3 is 15.2 Å². The standard InChI is InChI=1S/C26H37N3O3/c1-19-15-22(32-5)12-11-20(19)16-29-14-8-9-21(17-29)26(31,23-10-6-7-13-27-23)18-28-24(30)25(2,3)4/h6-7,10-13,15,21,31H,8-9,14,16-18H2,1-5H3,(H,28,30)/t21-,26+/m1/s1. The summed E-state index contributed by atoms with van der Waals surface area (Å²) in [4.78, 5) is 19.4. The number of hydrogen-bond acceptors (Lipinski definition) is 5. The monoisotopic (exact) mass is 439 g/mol. The van der Waals surface area contributed by atoms with Gasteiger partial charge in [0.25, 0.3) is 0 Å². The highest BCUT2D eigenvalue weighted by Gasteiger charge is 2.42. The van der Waals surface area contributed by atoms with Crippen LogP contribution in [0.3, 0.4) is 0 Å². The van der Waals surface area contributed by atoms with Gasteiger partial charge in [-0.15, -0.1) is 0 Å². The lowest BCUT2D eigenvalue weighted by Gasteiger charge is -2.42.